The van der Waals surface area contributed by atoms with Crippen LogP contribution in [0.3, 0.4) is 0 Å². The van der Waals surface area contributed by atoms with Crippen LogP contribution < -0.4 is 16.0 Å². The van der Waals surface area contributed by atoms with Gasteiger partial charge < -0.3 is 25.8 Å². The summed E-state index contributed by atoms with van der Waals surface area (Å²) in [5.41, 5.74) is 4.56. The van der Waals surface area contributed by atoms with Gasteiger partial charge in [0.05, 0.1) is 13.2 Å². The third-order valence-corrected chi connectivity index (χ3v) is 5.09. The van der Waals surface area contributed by atoms with Crippen LogP contribution in [0.15, 0.2) is 55.3 Å². The summed E-state index contributed by atoms with van der Waals surface area (Å²) in [6.07, 6.45) is 4.84. The van der Waals surface area contributed by atoms with Gasteiger partial charge in [0.1, 0.15) is 17.2 Å². The first kappa shape index (κ1) is 25.8. The van der Waals surface area contributed by atoms with E-state index in [2.05, 4.69) is 43.5 Å². The predicted octanol–water partition coefficient (Wildman–Crippen LogP) is 3.91. The third kappa shape index (κ3) is 7.33. The molecule has 0 bridgehead atoms. The SMILES string of the molecule is C=CCNC(=O)c1cnc(Nc2ccc3c(c2)COCC3)nc1Nc1cccc(CC)n1.CCO. The lowest BCUT2D eigenvalue weighted by Gasteiger charge is -2.18. The average molecular weight is 477 g/mol. The molecule has 3 aromatic rings. The van der Waals surface area contributed by atoms with Crippen LogP contribution in [0.2, 0.25) is 0 Å². The van der Waals surface area contributed by atoms with Crippen molar-refractivity contribution in [3.63, 3.8) is 0 Å². The number of hydrogen-bond acceptors (Lipinski definition) is 8. The Labute approximate surface area is 205 Å². The van der Waals surface area contributed by atoms with Crippen molar-refractivity contribution in [2.75, 3.05) is 30.4 Å². The maximum atomic E-state index is 12.6. The second kappa shape index (κ2) is 13.2. The molecule has 2 aromatic heterocycles. The summed E-state index contributed by atoms with van der Waals surface area (Å²) in [6.45, 7) is 9.30. The highest BCUT2D eigenvalue weighted by atomic mass is 16.5. The van der Waals surface area contributed by atoms with Crippen molar-refractivity contribution >= 4 is 29.2 Å². The van der Waals surface area contributed by atoms with Crippen molar-refractivity contribution in [2.45, 2.75) is 33.3 Å². The van der Waals surface area contributed by atoms with E-state index in [1.807, 2.05) is 37.3 Å². The highest BCUT2D eigenvalue weighted by molar-refractivity contribution is 5.99. The normalized spacial score (nSPS) is 12.0. The molecule has 4 N–H and O–H groups in total. The summed E-state index contributed by atoms with van der Waals surface area (Å²) in [7, 11) is 0. The number of rotatable bonds is 8. The van der Waals surface area contributed by atoms with Crippen LogP contribution >= 0.6 is 0 Å². The Bertz CT molecular complexity index is 1150. The Hall–Kier alpha value is -3.82. The van der Waals surface area contributed by atoms with Crippen LogP contribution in [0.5, 0.6) is 0 Å². The first-order chi connectivity index (χ1) is 17.1. The van der Waals surface area contributed by atoms with Gasteiger partial charge in [-0.1, -0.05) is 25.1 Å². The number of amides is 1. The number of benzene rings is 1. The third-order valence-electron chi connectivity index (χ3n) is 5.09. The molecular formula is C26H32N6O3. The number of nitrogens with one attached hydrogen (secondary N) is 3. The molecule has 0 saturated heterocycles. The number of pyridine rings is 1. The lowest BCUT2D eigenvalue weighted by molar-refractivity contribution is 0.0958. The monoisotopic (exact) mass is 476 g/mol. The molecule has 35 heavy (non-hydrogen) atoms. The zero-order chi connectivity index (χ0) is 25.0. The van der Waals surface area contributed by atoms with Crippen LogP contribution in [-0.2, 0) is 24.2 Å². The van der Waals surface area contributed by atoms with Gasteiger partial charge in [-0.25, -0.2) is 9.97 Å². The van der Waals surface area contributed by atoms with E-state index in [1.54, 1.807) is 13.0 Å². The molecular weight excluding hydrogens is 444 g/mol. The van der Waals surface area contributed by atoms with Crippen molar-refractivity contribution in [2.24, 2.45) is 0 Å². The van der Waals surface area contributed by atoms with Crippen LogP contribution in [0, 0.1) is 0 Å². The second-order valence-electron chi connectivity index (χ2n) is 7.67. The maximum absolute atomic E-state index is 12.6. The van der Waals surface area contributed by atoms with E-state index in [9.17, 15) is 4.79 Å². The molecule has 0 aliphatic carbocycles. The van der Waals surface area contributed by atoms with Crippen molar-refractivity contribution in [1.29, 1.82) is 0 Å². The number of aliphatic hydroxyl groups excluding tert-OH is 1. The van der Waals surface area contributed by atoms with Gasteiger partial charge >= 0.3 is 0 Å². The minimum absolute atomic E-state index is 0.250. The zero-order valence-corrected chi connectivity index (χ0v) is 20.2. The molecule has 0 unspecified atom stereocenters. The lowest BCUT2D eigenvalue weighted by atomic mass is 10.0. The molecule has 0 fully saturated rings. The molecule has 0 spiro atoms. The largest absolute Gasteiger partial charge is 0.397 e. The number of aromatic nitrogens is 3. The Morgan fingerprint density at radius 1 is 1.17 bits per heavy atom. The maximum Gasteiger partial charge on any atom is 0.256 e. The van der Waals surface area contributed by atoms with E-state index in [-0.39, 0.29) is 12.5 Å². The summed E-state index contributed by atoms with van der Waals surface area (Å²) >= 11 is 0. The molecule has 0 saturated carbocycles. The molecule has 4 rings (SSSR count). The standard InChI is InChI=1S/C24H26N6O2.C2H6O/c1-3-11-25-23(31)20-14-26-24(28-19-9-8-16-10-12-32-15-17(16)13-19)30-22(20)29-21-7-5-6-18(4-2)27-21;1-2-3/h3,5-9,13-14H,1,4,10-12,15H2,2H3,(H,25,31)(H2,26,27,28,29,30);3H,2H2,1H3. The van der Waals surface area contributed by atoms with Gasteiger partial charge in [0.15, 0.2) is 0 Å². The van der Waals surface area contributed by atoms with Crippen LogP contribution in [0.25, 0.3) is 0 Å². The molecule has 9 nitrogen and oxygen atoms in total. The van der Waals surface area contributed by atoms with Crippen molar-refractivity contribution in [3.8, 4) is 0 Å². The van der Waals surface area contributed by atoms with Crippen molar-refractivity contribution in [1.82, 2.24) is 20.3 Å². The molecule has 1 aliphatic rings. The fourth-order valence-electron chi connectivity index (χ4n) is 3.41. The summed E-state index contributed by atoms with van der Waals surface area (Å²) in [6, 6.07) is 11.8. The van der Waals surface area contributed by atoms with Gasteiger partial charge in [-0.2, -0.15) is 4.98 Å². The van der Waals surface area contributed by atoms with E-state index in [0.717, 1.165) is 36.4 Å². The van der Waals surface area contributed by atoms with E-state index in [4.69, 9.17) is 9.84 Å². The summed E-state index contributed by atoms with van der Waals surface area (Å²) in [4.78, 5) is 26.1. The minimum Gasteiger partial charge on any atom is -0.397 e. The smallest absolute Gasteiger partial charge is 0.256 e. The Balaban J connectivity index is 0.00000108. The van der Waals surface area contributed by atoms with E-state index < -0.39 is 0 Å². The Morgan fingerprint density at radius 3 is 2.77 bits per heavy atom. The summed E-state index contributed by atoms with van der Waals surface area (Å²) in [5.74, 6) is 1.05. The number of aryl methyl sites for hydroxylation is 1. The quantitative estimate of drug-likeness (QED) is 0.361. The molecule has 9 heteroatoms. The number of carbonyl (C=O) groups excluding carboxylic acids is 1. The van der Waals surface area contributed by atoms with Crippen molar-refractivity contribution < 1.29 is 14.6 Å². The number of carbonyl (C=O) groups is 1. The number of nitrogens with zero attached hydrogens (tertiary/aromatic N) is 3. The van der Waals surface area contributed by atoms with Crippen molar-refractivity contribution in [3.05, 3.63) is 77.6 Å². The molecule has 3 heterocycles. The van der Waals surface area contributed by atoms with Gasteiger partial charge in [0.2, 0.25) is 5.95 Å². The molecule has 1 amide bonds. The zero-order valence-electron chi connectivity index (χ0n) is 20.2. The topological polar surface area (TPSA) is 121 Å². The molecule has 0 radical (unpaired) electrons. The first-order valence-electron chi connectivity index (χ1n) is 11.6. The van der Waals surface area contributed by atoms with Gasteiger partial charge in [0, 0.05) is 30.7 Å². The number of anilines is 4. The second-order valence-corrected chi connectivity index (χ2v) is 7.67. The van der Waals surface area contributed by atoms with Gasteiger partial charge in [-0.3, -0.25) is 4.79 Å². The van der Waals surface area contributed by atoms with Gasteiger partial charge in [-0.05, 0) is 55.2 Å². The highest BCUT2D eigenvalue weighted by Crippen LogP contribution is 2.24. The van der Waals surface area contributed by atoms with E-state index in [1.165, 1.54) is 11.8 Å². The fourth-order valence-corrected chi connectivity index (χ4v) is 3.41. The number of fused-ring (bicyclic) bond motifs is 1. The lowest BCUT2D eigenvalue weighted by Crippen LogP contribution is -2.25. The molecule has 184 valence electrons. The van der Waals surface area contributed by atoms with E-state index in [0.29, 0.717) is 36.3 Å². The summed E-state index contributed by atoms with van der Waals surface area (Å²) < 4.78 is 5.55. The molecule has 1 aromatic carbocycles. The van der Waals surface area contributed by atoms with Gasteiger partial charge in [0.25, 0.3) is 5.91 Å². The molecule has 0 atom stereocenters. The van der Waals surface area contributed by atoms with Crippen LogP contribution in [-0.4, -0.2) is 45.7 Å². The minimum atomic E-state index is -0.295. The number of aliphatic hydroxyl groups is 1. The highest BCUT2D eigenvalue weighted by Gasteiger charge is 2.16. The average Bonchev–Trinajstić information content (AvgIpc) is 2.88. The Morgan fingerprint density at radius 2 is 2.00 bits per heavy atom. The van der Waals surface area contributed by atoms with Crippen LogP contribution in [0.4, 0.5) is 23.3 Å². The number of hydrogen-bond donors (Lipinski definition) is 4. The van der Waals surface area contributed by atoms with E-state index >= 15 is 0 Å². The number of ether oxygens (including phenoxy) is 1. The first-order valence-corrected chi connectivity index (χ1v) is 11.6. The molecule has 1 aliphatic heterocycles. The summed E-state index contributed by atoms with van der Waals surface area (Å²) in [5, 5.41) is 16.7. The Kier molecular flexibility index (Phi) is 9.70. The van der Waals surface area contributed by atoms with Crippen LogP contribution in [0.1, 0.15) is 41.0 Å². The predicted molar refractivity (Wildman–Crippen MR) is 137 cm³/mol. The van der Waals surface area contributed by atoms with Gasteiger partial charge in [-0.15, -0.1) is 6.58 Å². The fraction of sp³-hybridized carbons (Fsp3) is 0.308.